The molecule has 0 bridgehead atoms. The van der Waals surface area contributed by atoms with Gasteiger partial charge >= 0.3 is 0 Å². The first-order chi connectivity index (χ1) is 14.3. The number of carbonyl (C=O) groups excluding carboxylic acids is 2. The van der Waals surface area contributed by atoms with E-state index >= 15 is 0 Å². The summed E-state index contributed by atoms with van der Waals surface area (Å²) in [6.45, 7) is 0.920. The minimum Gasteiger partial charge on any atom is -0.348 e. The molecule has 2 aliphatic rings. The largest absolute Gasteiger partial charge is 0.348 e. The summed E-state index contributed by atoms with van der Waals surface area (Å²) in [7, 11) is 0. The fourth-order valence-corrected chi connectivity index (χ4v) is 3.48. The number of alkyl halides is 2. The summed E-state index contributed by atoms with van der Waals surface area (Å²) in [6, 6.07) is 2.87. The van der Waals surface area contributed by atoms with Crippen molar-refractivity contribution in [3.8, 4) is 0 Å². The first-order valence-electron chi connectivity index (χ1n) is 9.67. The van der Waals surface area contributed by atoms with Crippen LogP contribution < -0.4 is 10.6 Å². The lowest BCUT2D eigenvalue weighted by atomic mass is 10.0. The number of likely N-dealkylation sites (tertiary alicyclic amines) is 1. The van der Waals surface area contributed by atoms with Crippen LogP contribution >= 0.6 is 0 Å². The van der Waals surface area contributed by atoms with E-state index in [0.717, 1.165) is 18.2 Å². The molecule has 2 N–H and O–H groups in total. The zero-order valence-corrected chi connectivity index (χ0v) is 16.1. The Balaban J connectivity index is 1.61. The van der Waals surface area contributed by atoms with Crippen LogP contribution in [-0.2, 0) is 4.79 Å². The summed E-state index contributed by atoms with van der Waals surface area (Å²) in [5.41, 5.74) is -0.682. The first-order valence-corrected chi connectivity index (χ1v) is 9.67. The number of hydrogen-bond acceptors (Lipinski definition) is 4. The molecule has 0 aromatic heterocycles. The predicted octanol–water partition coefficient (Wildman–Crippen LogP) is 2.27. The SMILES string of the molecule is O=C(NC1CCN(CC(F)F)CC1)C1=NCCC=C1NC(=O)c1c(F)cccc1F. The molecule has 1 aromatic rings. The number of amides is 2. The van der Waals surface area contributed by atoms with Crippen molar-refractivity contribution in [1.82, 2.24) is 15.5 Å². The number of dihydropyridines is 1. The van der Waals surface area contributed by atoms with Crippen molar-refractivity contribution in [2.45, 2.75) is 31.7 Å². The highest BCUT2D eigenvalue weighted by molar-refractivity contribution is 6.45. The Morgan fingerprint density at radius 2 is 1.80 bits per heavy atom. The molecule has 0 unspecified atom stereocenters. The van der Waals surface area contributed by atoms with Crippen LogP contribution in [0.4, 0.5) is 17.6 Å². The van der Waals surface area contributed by atoms with Gasteiger partial charge < -0.3 is 10.6 Å². The number of rotatable bonds is 6. The molecule has 0 saturated carbocycles. The highest BCUT2D eigenvalue weighted by Crippen LogP contribution is 2.15. The van der Waals surface area contributed by atoms with Gasteiger partial charge in [0.2, 0.25) is 0 Å². The van der Waals surface area contributed by atoms with E-state index < -0.39 is 35.4 Å². The van der Waals surface area contributed by atoms with E-state index in [1.165, 1.54) is 0 Å². The fraction of sp³-hybridized carbons (Fsp3) is 0.450. The molecular weight excluding hydrogens is 404 g/mol. The van der Waals surface area contributed by atoms with Crippen molar-refractivity contribution in [3.63, 3.8) is 0 Å². The maximum absolute atomic E-state index is 13.8. The molecule has 3 rings (SSSR count). The molecule has 1 fully saturated rings. The van der Waals surface area contributed by atoms with Gasteiger partial charge in [0, 0.05) is 25.7 Å². The zero-order chi connectivity index (χ0) is 21.7. The van der Waals surface area contributed by atoms with Gasteiger partial charge in [-0.15, -0.1) is 0 Å². The monoisotopic (exact) mass is 426 g/mol. The van der Waals surface area contributed by atoms with Gasteiger partial charge in [0.15, 0.2) is 0 Å². The van der Waals surface area contributed by atoms with Gasteiger partial charge in [0.05, 0.1) is 12.2 Å². The fourth-order valence-electron chi connectivity index (χ4n) is 3.48. The molecule has 162 valence electrons. The second-order valence-electron chi connectivity index (χ2n) is 7.13. The molecule has 0 spiro atoms. The quantitative estimate of drug-likeness (QED) is 0.686. The number of aliphatic imine (C=N–C) groups is 1. The van der Waals surface area contributed by atoms with Crippen molar-refractivity contribution in [3.05, 3.63) is 47.2 Å². The number of piperidine rings is 1. The standard InChI is InChI=1S/C20H22F4N4O2/c21-13-3-1-4-14(22)17(13)19(29)27-15-5-2-8-25-18(15)20(30)26-12-6-9-28(10-7-12)11-16(23)24/h1,3-5,12,16H,2,6-11H2,(H,26,30)(H,27,29). The predicted molar refractivity (Wildman–Crippen MR) is 102 cm³/mol. The normalized spacial score (nSPS) is 18.0. The van der Waals surface area contributed by atoms with Gasteiger partial charge in [-0.1, -0.05) is 12.1 Å². The van der Waals surface area contributed by atoms with Crippen LogP contribution in [0.5, 0.6) is 0 Å². The van der Waals surface area contributed by atoms with Gasteiger partial charge in [0.1, 0.15) is 22.9 Å². The summed E-state index contributed by atoms with van der Waals surface area (Å²) in [4.78, 5) is 30.8. The zero-order valence-electron chi connectivity index (χ0n) is 16.1. The number of halogens is 4. The van der Waals surface area contributed by atoms with Gasteiger partial charge in [-0.25, -0.2) is 17.6 Å². The highest BCUT2D eigenvalue weighted by Gasteiger charge is 2.27. The molecule has 6 nitrogen and oxygen atoms in total. The second-order valence-corrected chi connectivity index (χ2v) is 7.13. The smallest absolute Gasteiger partial charge is 0.271 e. The van der Waals surface area contributed by atoms with Gasteiger partial charge in [-0.3, -0.25) is 19.5 Å². The lowest BCUT2D eigenvalue weighted by molar-refractivity contribution is -0.115. The van der Waals surface area contributed by atoms with E-state index in [2.05, 4.69) is 15.6 Å². The van der Waals surface area contributed by atoms with Crippen LogP contribution in [0.3, 0.4) is 0 Å². The molecule has 0 aliphatic carbocycles. The van der Waals surface area contributed by atoms with Crippen LogP contribution in [0.15, 0.2) is 35.0 Å². The molecule has 0 radical (unpaired) electrons. The van der Waals surface area contributed by atoms with Crippen molar-refractivity contribution >= 4 is 17.5 Å². The van der Waals surface area contributed by atoms with Crippen LogP contribution in [-0.4, -0.2) is 61.1 Å². The van der Waals surface area contributed by atoms with Crippen molar-refractivity contribution in [1.29, 1.82) is 0 Å². The first kappa shape index (κ1) is 21.9. The van der Waals surface area contributed by atoms with Gasteiger partial charge in [-0.2, -0.15) is 0 Å². The topological polar surface area (TPSA) is 73.8 Å². The second kappa shape index (κ2) is 9.84. The summed E-state index contributed by atoms with van der Waals surface area (Å²) in [5, 5.41) is 5.18. The molecule has 2 aliphatic heterocycles. The van der Waals surface area contributed by atoms with Crippen molar-refractivity contribution in [2.24, 2.45) is 4.99 Å². The van der Waals surface area contributed by atoms with E-state index in [1.54, 1.807) is 11.0 Å². The molecule has 10 heteroatoms. The Morgan fingerprint density at radius 3 is 2.43 bits per heavy atom. The van der Waals surface area contributed by atoms with E-state index in [-0.39, 0.29) is 24.0 Å². The Hall–Kier alpha value is -2.75. The van der Waals surface area contributed by atoms with Crippen LogP contribution in [0, 0.1) is 11.6 Å². The third-order valence-electron chi connectivity index (χ3n) is 4.97. The minimum absolute atomic E-state index is 0.0265. The Bertz CT molecular complexity index is 844. The lowest BCUT2D eigenvalue weighted by Crippen LogP contribution is -2.48. The summed E-state index contributed by atoms with van der Waals surface area (Å²) in [5.74, 6) is -3.56. The molecule has 0 atom stereocenters. The number of nitrogens with zero attached hydrogens (tertiary/aromatic N) is 2. The van der Waals surface area contributed by atoms with Crippen molar-refractivity contribution < 1.29 is 27.2 Å². The van der Waals surface area contributed by atoms with Crippen LogP contribution in [0.25, 0.3) is 0 Å². The number of benzene rings is 1. The van der Waals surface area contributed by atoms with Crippen LogP contribution in [0.2, 0.25) is 0 Å². The minimum atomic E-state index is -2.40. The molecule has 1 saturated heterocycles. The van der Waals surface area contributed by atoms with Crippen molar-refractivity contribution in [2.75, 3.05) is 26.2 Å². The Labute approximate surface area is 171 Å². The third-order valence-corrected chi connectivity index (χ3v) is 4.97. The van der Waals surface area contributed by atoms with Gasteiger partial charge in [-0.05, 0) is 31.4 Å². The average Bonchev–Trinajstić information content (AvgIpc) is 2.69. The molecule has 2 heterocycles. The Morgan fingerprint density at radius 1 is 1.13 bits per heavy atom. The summed E-state index contributed by atoms with van der Waals surface area (Å²) < 4.78 is 52.6. The van der Waals surface area contributed by atoms with Crippen LogP contribution in [0.1, 0.15) is 29.6 Å². The third kappa shape index (κ3) is 5.44. The Kier molecular flexibility index (Phi) is 7.20. The number of hydrogen-bond donors (Lipinski definition) is 2. The molecule has 2 amide bonds. The maximum Gasteiger partial charge on any atom is 0.271 e. The maximum atomic E-state index is 13.8. The number of nitrogens with one attached hydrogen (secondary N) is 2. The van der Waals surface area contributed by atoms with E-state index in [0.29, 0.717) is 38.9 Å². The number of carbonyl (C=O) groups is 2. The lowest BCUT2D eigenvalue weighted by Gasteiger charge is -2.32. The average molecular weight is 426 g/mol. The molecule has 30 heavy (non-hydrogen) atoms. The summed E-state index contributed by atoms with van der Waals surface area (Å²) in [6.07, 6.45) is 0.653. The summed E-state index contributed by atoms with van der Waals surface area (Å²) >= 11 is 0. The van der Waals surface area contributed by atoms with E-state index in [1.807, 2.05) is 0 Å². The highest BCUT2D eigenvalue weighted by atomic mass is 19.3. The molecule has 1 aromatic carbocycles. The van der Waals surface area contributed by atoms with E-state index in [4.69, 9.17) is 0 Å². The molecular formula is C20H22F4N4O2. The van der Waals surface area contributed by atoms with Gasteiger partial charge in [0.25, 0.3) is 18.2 Å². The van der Waals surface area contributed by atoms with E-state index in [9.17, 15) is 27.2 Å².